The highest BCUT2D eigenvalue weighted by molar-refractivity contribution is 6.36. The van der Waals surface area contributed by atoms with Crippen LogP contribution in [0.25, 0.3) is 22.8 Å². The molecule has 0 atom stereocenters. The smallest absolute Gasteiger partial charge is 0.331 e. The minimum atomic E-state index is -4.62. The molecule has 0 saturated heterocycles. The Morgan fingerprint density at radius 3 is 2.65 bits per heavy atom. The first-order chi connectivity index (χ1) is 17.6. The van der Waals surface area contributed by atoms with Crippen molar-refractivity contribution in [1.29, 1.82) is 0 Å². The number of alkyl halides is 3. The van der Waals surface area contributed by atoms with E-state index in [2.05, 4.69) is 15.1 Å². The average molecular weight is 534 g/mol. The van der Waals surface area contributed by atoms with E-state index in [1.165, 1.54) is 16.7 Å². The van der Waals surface area contributed by atoms with Crippen molar-refractivity contribution in [3.63, 3.8) is 0 Å². The Morgan fingerprint density at radius 2 is 1.97 bits per heavy atom. The number of fused-ring (bicyclic) bond motifs is 1. The van der Waals surface area contributed by atoms with Crippen molar-refractivity contribution in [1.82, 2.24) is 29.1 Å². The fraction of sp³-hybridized carbons (Fsp3) is 0.360. The quantitative estimate of drug-likeness (QED) is 0.261. The summed E-state index contributed by atoms with van der Waals surface area (Å²) >= 11 is 6.80. The fourth-order valence-electron chi connectivity index (χ4n) is 4.50. The molecule has 0 spiro atoms. The van der Waals surface area contributed by atoms with E-state index < -0.39 is 17.7 Å². The van der Waals surface area contributed by atoms with Gasteiger partial charge in [0.2, 0.25) is 0 Å². The molecule has 0 fully saturated rings. The lowest BCUT2D eigenvalue weighted by atomic mass is 10.1. The van der Waals surface area contributed by atoms with Gasteiger partial charge in [-0.1, -0.05) is 11.6 Å². The standard InChI is InChI=1S/C25H24ClF4N7/c1-4-35-13-20(25(28,29)30)33-24(35)16-8-7-15(12-17(16)27)32-18-6-5-11-36-23(18)21(26)22(34-36)19-9-10-31-37(19)14(2)3/h7-10,12-14H,4-6,11H2,1-3H3. The molecule has 0 saturated carbocycles. The second-order valence-corrected chi connectivity index (χ2v) is 9.43. The number of rotatable bonds is 5. The Kier molecular flexibility index (Phi) is 6.43. The molecule has 4 heterocycles. The molecule has 5 rings (SSSR count). The summed E-state index contributed by atoms with van der Waals surface area (Å²) < 4.78 is 59.5. The van der Waals surface area contributed by atoms with Crippen molar-refractivity contribution in [2.24, 2.45) is 4.99 Å². The molecule has 1 aliphatic heterocycles. The first-order valence-corrected chi connectivity index (χ1v) is 12.3. The molecule has 0 amide bonds. The zero-order chi connectivity index (χ0) is 26.5. The van der Waals surface area contributed by atoms with Crippen molar-refractivity contribution < 1.29 is 17.6 Å². The number of hydrogen-bond donors (Lipinski definition) is 0. The van der Waals surface area contributed by atoms with Gasteiger partial charge in [-0.2, -0.15) is 23.4 Å². The summed E-state index contributed by atoms with van der Waals surface area (Å²) in [5, 5.41) is 9.52. The number of aromatic nitrogens is 6. The third-order valence-electron chi connectivity index (χ3n) is 6.22. The molecular formula is C25H24ClF4N7. The Morgan fingerprint density at radius 1 is 1.19 bits per heavy atom. The molecule has 1 aromatic carbocycles. The maximum absolute atomic E-state index is 15.1. The zero-order valence-corrected chi connectivity index (χ0v) is 21.1. The van der Waals surface area contributed by atoms with Crippen LogP contribution >= 0.6 is 11.6 Å². The van der Waals surface area contributed by atoms with Crippen molar-refractivity contribution in [2.75, 3.05) is 0 Å². The monoisotopic (exact) mass is 533 g/mol. The minimum absolute atomic E-state index is 0.0303. The Hall–Kier alpha value is -3.47. The van der Waals surface area contributed by atoms with Crippen LogP contribution in [0.15, 0.2) is 41.7 Å². The van der Waals surface area contributed by atoms with E-state index in [9.17, 15) is 13.2 Å². The van der Waals surface area contributed by atoms with Gasteiger partial charge in [-0.25, -0.2) is 9.37 Å². The highest BCUT2D eigenvalue weighted by atomic mass is 35.5. The van der Waals surface area contributed by atoms with E-state index in [0.717, 1.165) is 18.3 Å². The van der Waals surface area contributed by atoms with Crippen molar-refractivity contribution in [3.05, 3.63) is 58.9 Å². The number of nitrogens with zero attached hydrogens (tertiary/aromatic N) is 7. The van der Waals surface area contributed by atoms with Crippen LogP contribution in [0.4, 0.5) is 23.2 Å². The van der Waals surface area contributed by atoms with E-state index >= 15 is 4.39 Å². The maximum Gasteiger partial charge on any atom is 0.434 e. The van der Waals surface area contributed by atoms with Gasteiger partial charge in [-0.3, -0.25) is 14.4 Å². The third kappa shape index (κ3) is 4.56. The lowest BCUT2D eigenvalue weighted by Gasteiger charge is -2.16. The van der Waals surface area contributed by atoms with Crippen LogP contribution in [0.2, 0.25) is 5.02 Å². The highest BCUT2D eigenvalue weighted by Gasteiger charge is 2.35. The molecule has 3 aromatic heterocycles. The minimum Gasteiger partial charge on any atom is -0.331 e. The number of hydrogen-bond acceptors (Lipinski definition) is 4. The van der Waals surface area contributed by atoms with Gasteiger partial charge in [-0.05, 0) is 51.8 Å². The van der Waals surface area contributed by atoms with E-state index in [-0.39, 0.29) is 24.0 Å². The Bertz CT molecular complexity index is 1490. The summed E-state index contributed by atoms with van der Waals surface area (Å²) in [5.41, 5.74) is 1.95. The number of aliphatic imine (C=N–C) groups is 1. The van der Waals surface area contributed by atoms with E-state index in [0.29, 0.717) is 40.8 Å². The van der Waals surface area contributed by atoms with Gasteiger partial charge in [0.25, 0.3) is 0 Å². The van der Waals surface area contributed by atoms with E-state index in [4.69, 9.17) is 16.7 Å². The summed E-state index contributed by atoms with van der Waals surface area (Å²) in [6.45, 7) is 6.58. The zero-order valence-electron chi connectivity index (χ0n) is 20.4. The summed E-state index contributed by atoms with van der Waals surface area (Å²) in [4.78, 5) is 8.30. The van der Waals surface area contributed by atoms with Gasteiger partial charge < -0.3 is 4.57 Å². The second-order valence-electron chi connectivity index (χ2n) is 9.05. The van der Waals surface area contributed by atoms with Crippen molar-refractivity contribution in [2.45, 2.75) is 58.9 Å². The number of aryl methyl sites for hydroxylation is 2. The molecule has 37 heavy (non-hydrogen) atoms. The van der Waals surface area contributed by atoms with E-state index in [1.807, 2.05) is 24.6 Å². The summed E-state index contributed by atoms with van der Waals surface area (Å²) in [5.74, 6) is -0.801. The molecule has 194 valence electrons. The molecule has 12 heteroatoms. The topological polar surface area (TPSA) is 65.8 Å². The van der Waals surface area contributed by atoms with Gasteiger partial charge in [0.1, 0.15) is 23.0 Å². The van der Waals surface area contributed by atoms with Crippen LogP contribution in [0.1, 0.15) is 51.0 Å². The first kappa shape index (κ1) is 25.2. The molecule has 4 aromatic rings. The van der Waals surface area contributed by atoms with Crippen LogP contribution in [0, 0.1) is 5.82 Å². The predicted octanol–water partition coefficient (Wildman–Crippen LogP) is 6.94. The summed E-state index contributed by atoms with van der Waals surface area (Å²) in [6.07, 6.45) is -0.636. The third-order valence-corrected chi connectivity index (χ3v) is 6.58. The molecular weight excluding hydrogens is 510 g/mol. The molecule has 1 aliphatic rings. The first-order valence-electron chi connectivity index (χ1n) is 11.9. The Labute approximate surface area is 215 Å². The van der Waals surface area contributed by atoms with Crippen LogP contribution < -0.4 is 0 Å². The SMILES string of the molecule is CCn1cc(C(F)(F)F)nc1-c1ccc(N=C2CCCn3nc(-c4ccnn4C(C)C)c(Cl)c32)cc1F. The lowest BCUT2D eigenvalue weighted by molar-refractivity contribution is -0.140. The van der Waals surface area contributed by atoms with Crippen LogP contribution in [-0.4, -0.2) is 34.8 Å². The van der Waals surface area contributed by atoms with E-state index in [1.54, 1.807) is 23.9 Å². The average Bonchev–Trinajstić information content (AvgIpc) is 3.56. The van der Waals surface area contributed by atoms with Crippen molar-refractivity contribution >= 4 is 23.0 Å². The van der Waals surface area contributed by atoms with Gasteiger partial charge in [0.15, 0.2) is 5.69 Å². The normalized spacial score (nSPS) is 15.1. The van der Waals surface area contributed by atoms with Gasteiger partial charge >= 0.3 is 6.18 Å². The summed E-state index contributed by atoms with van der Waals surface area (Å²) in [7, 11) is 0. The summed E-state index contributed by atoms with van der Waals surface area (Å²) in [6, 6.07) is 6.13. The van der Waals surface area contributed by atoms with Crippen LogP contribution in [0.3, 0.4) is 0 Å². The predicted molar refractivity (Wildman–Crippen MR) is 133 cm³/mol. The number of imidazole rings is 1. The molecule has 0 N–H and O–H groups in total. The lowest BCUT2D eigenvalue weighted by Crippen LogP contribution is -2.18. The molecule has 0 unspecified atom stereocenters. The largest absolute Gasteiger partial charge is 0.434 e. The molecule has 0 aliphatic carbocycles. The van der Waals surface area contributed by atoms with Gasteiger partial charge in [0, 0.05) is 37.6 Å². The van der Waals surface area contributed by atoms with Crippen LogP contribution in [0.5, 0.6) is 0 Å². The van der Waals surface area contributed by atoms with Crippen LogP contribution in [-0.2, 0) is 19.3 Å². The van der Waals surface area contributed by atoms with Gasteiger partial charge in [-0.15, -0.1) is 0 Å². The Balaban J connectivity index is 1.52. The second kappa shape index (κ2) is 9.44. The maximum atomic E-state index is 15.1. The van der Waals surface area contributed by atoms with Crippen molar-refractivity contribution in [3.8, 4) is 22.8 Å². The molecule has 7 nitrogen and oxygen atoms in total. The highest BCUT2D eigenvalue weighted by Crippen LogP contribution is 2.36. The molecule has 0 bridgehead atoms. The fourth-order valence-corrected chi connectivity index (χ4v) is 4.84. The molecule has 0 radical (unpaired) electrons. The number of benzene rings is 1. The number of halogens is 5. The van der Waals surface area contributed by atoms with Gasteiger partial charge in [0.05, 0.1) is 27.7 Å².